The standard InChI is InChI=1S/C31H29BClF2N5O11/c33-22-17(13-19(35)24(42)25(22)43)23(28(45)37-20-12-14-5-6-18(34)21(29(46)47)26(14)51-32(20)50)38-30(48)40-10-9-39(31(40)49)8-2-7-36-27(44)15-3-1-4-16(41)11-15/h1,3-6,11,13,20,23,41-43,50H,2,7-10,12H2,(H,36,44)(H,37,45)(H,38,48)(H,46,47)/t20-,23-/m0/s1. The van der Waals surface area contributed by atoms with Crippen molar-refractivity contribution >= 4 is 48.6 Å². The van der Waals surface area contributed by atoms with Crippen LogP contribution in [0, 0.1) is 11.6 Å². The molecule has 3 aromatic carbocycles. The smallest absolute Gasteiger partial charge is 0.534 e. The van der Waals surface area contributed by atoms with Crippen LogP contribution in [-0.4, -0.2) is 104 Å². The number of imide groups is 1. The number of aromatic hydroxyl groups is 3. The van der Waals surface area contributed by atoms with E-state index in [0.29, 0.717) is 6.07 Å². The van der Waals surface area contributed by atoms with Crippen molar-refractivity contribution in [3.63, 3.8) is 0 Å². The van der Waals surface area contributed by atoms with Gasteiger partial charge in [0.15, 0.2) is 17.3 Å². The maximum absolute atomic E-state index is 14.6. The number of fused-ring (bicyclic) bond motifs is 1. The molecule has 2 aliphatic rings. The minimum absolute atomic E-state index is 0.0724. The molecule has 8 N–H and O–H groups in total. The average Bonchev–Trinajstić information content (AvgIpc) is 3.46. The van der Waals surface area contributed by atoms with Crippen molar-refractivity contribution in [2.75, 3.05) is 26.2 Å². The lowest BCUT2D eigenvalue weighted by molar-refractivity contribution is -0.123. The van der Waals surface area contributed by atoms with Crippen LogP contribution in [0.25, 0.3) is 0 Å². The third kappa shape index (κ3) is 7.68. The summed E-state index contributed by atoms with van der Waals surface area (Å²) in [5.41, 5.74) is -1.07. The number of rotatable bonds is 10. The summed E-state index contributed by atoms with van der Waals surface area (Å²) in [6.45, 7) is 0.189. The third-order valence-electron chi connectivity index (χ3n) is 8.13. The molecule has 0 spiro atoms. The molecular weight excluding hydrogens is 703 g/mol. The Morgan fingerprint density at radius 2 is 1.78 bits per heavy atom. The molecule has 3 aromatic rings. The Hall–Kier alpha value is -5.82. The van der Waals surface area contributed by atoms with Crippen molar-refractivity contribution in [3.8, 4) is 23.0 Å². The fourth-order valence-electron chi connectivity index (χ4n) is 5.54. The molecule has 0 bridgehead atoms. The van der Waals surface area contributed by atoms with Gasteiger partial charge in [0.05, 0.1) is 11.0 Å². The molecule has 2 aliphatic heterocycles. The van der Waals surface area contributed by atoms with Crippen LogP contribution in [0.5, 0.6) is 23.0 Å². The number of amides is 6. The van der Waals surface area contributed by atoms with Gasteiger partial charge >= 0.3 is 25.1 Å². The molecule has 2 atom stereocenters. The Labute approximate surface area is 292 Å². The van der Waals surface area contributed by atoms with Crippen molar-refractivity contribution in [1.29, 1.82) is 0 Å². The van der Waals surface area contributed by atoms with Crippen molar-refractivity contribution in [2.45, 2.75) is 24.8 Å². The van der Waals surface area contributed by atoms with E-state index in [4.69, 9.17) is 16.3 Å². The molecule has 268 valence electrons. The van der Waals surface area contributed by atoms with Crippen LogP contribution >= 0.6 is 11.6 Å². The molecule has 0 radical (unpaired) electrons. The molecule has 6 amide bonds. The molecule has 0 aliphatic carbocycles. The minimum atomic E-state index is -1.96. The topological polar surface area (TPSA) is 238 Å². The Morgan fingerprint density at radius 3 is 2.49 bits per heavy atom. The minimum Gasteiger partial charge on any atom is -0.534 e. The Balaban J connectivity index is 1.28. The summed E-state index contributed by atoms with van der Waals surface area (Å²) in [5.74, 6) is -10.1. The van der Waals surface area contributed by atoms with Crippen LogP contribution in [0.1, 0.15) is 44.3 Å². The number of halogens is 3. The second-order valence-electron chi connectivity index (χ2n) is 11.5. The number of carboxylic acid groups (broad SMARTS) is 1. The maximum Gasteiger partial charge on any atom is 0.547 e. The van der Waals surface area contributed by atoms with E-state index in [9.17, 15) is 58.2 Å². The van der Waals surface area contributed by atoms with Gasteiger partial charge in [0.25, 0.3) is 5.91 Å². The number of carbonyl (C=O) groups excluding carboxylic acids is 4. The van der Waals surface area contributed by atoms with Crippen LogP contribution in [-0.2, 0) is 11.2 Å². The van der Waals surface area contributed by atoms with Crippen LogP contribution in [0.4, 0.5) is 18.4 Å². The number of hydrogen-bond acceptors (Lipinski definition) is 10. The lowest BCUT2D eigenvalue weighted by Gasteiger charge is -2.31. The summed E-state index contributed by atoms with van der Waals surface area (Å²) in [7, 11) is -1.93. The first kappa shape index (κ1) is 36.5. The van der Waals surface area contributed by atoms with E-state index >= 15 is 0 Å². The SMILES string of the molecule is O=C(NCCCN1CCN(C(=O)N[C@H](C(=O)N[C@H]2Cc3ccc(F)c(C(=O)O)c3OB2O)c2cc(F)c(O)c(O)c2Cl)C1=O)c1cccc(O)c1. The van der Waals surface area contributed by atoms with E-state index in [1.807, 2.05) is 0 Å². The number of aromatic carboxylic acids is 1. The van der Waals surface area contributed by atoms with Gasteiger partial charge in [-0.2, -0.15) is 0 Å². The number of phenols is 3. The summed E-state index contributed by atoms with van der Waals surface area (Å²) in [5, 5.41) is 56.1. The van der Waals surface area contributed by atoms with Gasteiger partial charge in [-0.05, 0) is 48.7 Å². The van der Waals surface area contributed by atoms with E-state index in [1.165, 1.54) is 35.2 Å². The highest BCUT2D eigenvalue weighted by molar-refractivity contribution is 6.47. The Morgan fingerprint density at radius 1 is 1.04 bits per heavy atom. The lowest BCUT2D eigenvalue weighted by atomic mass is 9.72. The zero-order valence-corrected chi connectivity index (χ0v) is 27.0. The summed E-state index contributed by atoms with van der Waals surface area (Å²) in [4.78, 5) is 66.1. The first-order chi connectivity index (χ1) is 24.2. The predicted octanol–water partition coefficient (Wildman–Crippen LogP) is 1.88. The lowest BCUT2D eigenvalue weighted by Crippen LogP contribution is -2.56. The quantitative estimate of drug-likeness (QED) is 0.0851. The van der Waals surface area contributed by atoms with E-state index in [1.54, 1.807) is 0 Å². The van der Waals surface area contributed by atoms with Gasteiger partial charge in [-0.15, -0.1) is 0 Å². The van der Waals surface area contributed by atoms with E-state index in [-0.39, 0.29) is 55.9 Å². The van der Waals surface area contributed by atoms with Crippen LogP contribution in [0.15, 0.2) is 42.5 Å². The number of carboxylic acids is 1. The van der Waals surface area contributed by atoms with Gasteiger partial charge in [0, 0.05) is 37.3 Å². The van der Waals surface area contributed by atoms with Gasteiger partial charge in [0.2, 0.25) is 5.91 Å². The first-order valence-electron chi connectivity index (χ1n) is 15.2. The van der Waals surface area contributed by atoms with Crippen LogP contribution in [0.2, 0.25) is 5.02 Å². The van der Waals surface area contributed by atoms with Gasteiger partial charge in [-0.3, -0.25) is 9.59 Å². The molecule has 51 heavy (non-hydrogen) atoms. The molecular formula is C31H29BClF2N5O11. The number of nitrogens with zero attached hydrogens (tertiary/aromatic N) is 2. The number of urea groups is 2. The predicted molar refractivity (Wildman–Crippen MR) is 172 cm³/mol. The number of hydrogen-bond donors (Lipinski definition) is 8. The number of benzene rings is 3. The number of carbonyl (C=O) groups is 5. The molecule has 5 rings (SSSR count). The largest absolute Gasteiger partial charge is 0.547 e. The Kier molecular flexibility index (Phi) is 10.7. The van der Waals surface area contributed by atoms with Gasteiger partial charge in [-0.25, -0.2) is 28.1 Å². The molecule has 0 unspecified atom stereocenters. The highest BCUT2D eigenvalue weighted by Gasteiger charge is 2.42. The zero-order valence-electron chi connectivity index (χ0n) is 26.2. The third-order valence-corrected chi connectivity index (χ3v) is 8.52. The summed E-state index contributed by atoms with van der Waals surface area (Å²) < 4.78 is 34.0. The second-order valence-corrected chi connectivity index (χ2v) is 11.8. The van der Waals surface area contributed by atoms with Crippen molar-refractivity contribution < 1.29 is 62.9 Å². The fourth-order valence-corrected chi connectivity index (χ4v) is 5.80. The van der Waals surface area contributed by atoms with Gasteiger partial charge in [-0.1, -0.05) is 23.7 Å². The molecule has 2 heterocycles. The average molecular weight is 732 g/mol. The normalized spacial score (nSPS) is 15.9. The second kappa shape index (κ2) is 15.0. The van der Waals surface area contributed by atoms with Gasteiger partial charge < -0.3 is 51.0 Å². The van der Waals surface area contributed by atoms with Crippen molar-refractivity contribution in [1.82, 2.24) is 25.8 Å². The molecule has 0 saturated carbocycles. The maximum atomic E-state index is 14.6. The molecule has 1 saturated heterocycles. The summed E-state index contributed by atoms with van der Waals surface area (Å²) in [6, 6.07) is 4.43. The molecule has 0 aromatic heterocycles. The fraction of sp³-hybridized carbons (Fsp3) is 0.258. The Bertz CT molecular complexity index is 1920. The van der Waals surface area contributed by atoms with E-state index < -0.39 is 94.0 Å². The van der Waals surface area contributed by atoms with Crippen molar-refractivity contribution in [3.05, 3.63) is 81.4 Å². The summed E-state index contributed by atoms with van der Waals surface area (Å²) in [6.07, 6.45) is -0.00575. The van der Waals surface area contributed by atoms with Crippen LogP contribution in [0.3, 0.4) is 0 Å². The van der Waals surface area contributed by atoms with Crippen LogP contribution < -0.4 is 20.6 Å². The molecule has 16 nitrogen and oxygen atoms in total. The molecule has 20 heteroatoms. The van der Waals surface area contributed by atoms with Crippen molar-refractivity contribution in [2.24, 2.45) is 0 Å². The first-order valence-corrected chi connectivity index (χ1v) is 15.6. The highest BCUT2D eigenvalue weighted by atomic mass is 35.5. The summed E-state index contributed by atoms with van der Waals surface area (Å²) >= 11 is 6.14. The van der Waals surface area contributed by atoms with E-state index in [0.717, 1.165) is 11.0 Å². The number of phenolic OH excluding ortho intramolecular Hbond substituents is 3. The number of nitrogens with one attached hydrogen (secondary N) is 3. The van der Waals surface area contributed by atoms with Gasteiger partial charge in [0.1, 0.15) is 28.9 Å². The molecule has 1 fully saturated rings. The highest BCUT2D eigenvalue weighted by Crippen LogP contribution is 2.40. The monoisotopic (exact) mass is 731 g/mol. The van der Waals surface area contributed by atoms with E-state index in [2.05, 4.69) is 16.0 Å². The zero-order chi connectivity index (χ0) is 37.1.